The highest BCUT2D eigenvalue weighted by molar-refractivity contribution is 6.38. The van der Waals surface area contributed by atoms with Crippen LogP contribution in [0.5, 0.6) is 0 Å². The summed E-state index contributed by atoms with van der Waals surface area (Å²) in [5.41, 5.74) is 9.08. The number of nitrogens with two attached hydrogens (primary N) is 1. The molecule has 0 radical (unpaired) electrons. The van der Waals surface area contributed by atoms with Crippen molar-refractivity contribution in [2.24, 2.45) is 5.73 Å². The zero-order valence-electron chi connectivity index (χ0n) is 10.9. The Bertz CT molecular complexity index is 779. The largest absolute Gasteiger partial charge is 0.457 e. The van der Waals surface area contributed by atoms with Gasteiger partial charge in [0.15, 0.2) is 5.58 Å². The third-order valence-electron chi connectivity index (χ3n) is 3.38. The molecule has 20 heavy (non-hydrogen) atoms. The van der Waals surface area contributed by atoms with Gasteiger partial charge in [-0.1, -0.05) is 47.5 Å². The predicted octanol–water partition coefficient (Wildman–Crippen LogP) is 5.10. The van der Waals surface area contributed by atoms with E-state index in [2.05, 4.69) is 0 Å². The van der Waals surface area contributed by atoms with Gasteiger partial charge in [-0.05, 0) is 36.2 Å². The van der Waals surface area contributed by atoms with Gasteiger partial charge in [0.2, 0.25) is 0 Å². The first-order valence-corrected chi connectivity index (χ1v) is 7.01. The molecule has 2 aromatic carbocycles. The second-order valence-electron chi connectivity index (χ2n) is 4.79. The van der Waals surface area contributed by atoms with E-state index >= 15 is 0 Å². The van der Waals surface area contributed by atoms with Crippen molar-refractivity contribution in [1.29, 1.82) is 0 Å². The van der Waals surface area contributed by atoms with Gasteiger partial charge in [-0.25, -0.2) is 0 Å². The van der Waals surface area contributed by atoms with Crippen molar-refractivity contribution in [3.63, 3.8) is 0 Å². The molecule has 0 saturated heterocycles. The molecule has 1 atom stereocenters. The van der Waals surface area contributed by atoms with E-state index < -0.39 is 0 Å². The van der Waals surface area contributed by atoms with Crippen LogP contribution in [-0.4, -0.2) is 0 Å². The van der Waals surface area contributed by atoms with Crippen LogP contribution in [0, 0.1) is 6.92 Å². The van der Waals surface area contributed by atoms with Crippen LogP contribution >= 0.6 is 23.2 Å². The summed E-state index contributed by atoms with van der Waals surface area (Å²) in [6, 6.07) is 13.0. The maximum atomic E-state index is 6.30. The fourth-order valence-electron chi connectivity index (χ4n) is 2.34. The Morgan fingerprint density at radius 1 is 1.10 bits per heavy atom. The summed E-state index contributed by atoms with van der Waals surface area (Å²) in [5.74, 6) is 0.679. The number of furan rings is 1. The van der Waals surface area contributed by atoms with E-state index in [9.17, 15) is 0 Å². The third-order valence-corrected chi connectivity index (χ3v) is 3.88. The van der Waals surface area contributed by atoms with Crippen LogP contribution in [0.25, 0.3) is 11.0 Å². The molecule has 102 valence electrons. The van der Waals surface area contributed by atoms with Crippen LogP contribution in [0.15, 0.2) is 46.9 Å². The number of hydrogen-bond donors (Lipinski definition) is 1. The Labute approximate surface area is 127 Å². The van der Waals surface area contributed by atoms with Crippen molar-refractivity contribution in [3.05, 3.63) is 69.4 Å². The summed E-state index contributed by atoms with van der Waals surface area (Å²) in [4.78, 5) is 0. The van der Waals surface area contributed by atoms with Gasteiger partial charge in [0, 0.05) is 10.4 Å². The van der Waals surface area contributed by atoms with E-state index in [0.29, 0.717) is 21.4 Å². The first-order valence-electron chi connectivity index (χ1n) is 6.26. The second kappa shape index (κ2) is 5.13. The van der Waals surface area contributed by atoms with E-state index in [0.717, 1.165) is 16.5 Å². The fourth-order valence-corrected chi connectivity index (χ4v) is 2.89. The van der Waals surface area contributed by atoms with E-state index in [4.69, 9.17) is 33.4 Å². The highest BCUT2D eigenvalue weighted by Gasteiger charge is 2.17. The summed E-state index contributed by atoms with van der Waals surface area (Å²) >= 11 is 12.1. The van der Waals surface area contributed by atoms with E-state index in [-0.39, 0.29) is 6.04 Å². The molecular formula is C16H13Cl2NO. The minimum Gasteiger partial charge on any atom is -0.457 e. The van der Waals surface area contributed by atoms with E-state index in [1.807, 2.05) is 43.3 Å². The molecule has 0 aliphatic rings. The predicted molar refractivity (Wildman–Crippen MR) is 83.4 cm³/mol. The average Bonchev–Trinajstić information content (AvgIpc) is 2.82. The lowest BCUT2D eigenvalue weighted by Gasteiger charge is -2.11. The standard InChI is InChI=1S/C16H13Cl2NO/c1-9-4-2-3-5-12(9)15(19)14-7-10-6-11(17)8-13(18)16(10)20-14/h2-8,15H,19H2,1H3. The summed E-state index contributed by atoms with van der Waals surface area (Å²) in [6.07, 6.45) is 0. The highest BCUT2D eigenvalue weighted by atomic mass is 35.5. The molecule has 0 aliphatic heterocycles. The van der Waals surface area contributed by atoms with Gasteiger partial charge in [-0.3, -0.25) is 0 Å². The summed E-state index contributed by atoms with van der Waals surface area (Å²) in [6.45, 7) is 2.03. The van der Waals surface area contributed by atoms with Crippen LogP contribution in [0.1, 0.15) is 22.9 Å². The third kappa shape index (κ3) is 2.31. The zero-order valence-corrected chi connectivity index (χ0v) is 12.4. The maximum absolute atomic E-state index is 6.30. The molecular weight excluding hydrogens is 293 g/mol. The van der Waals surface area contributed by atoms with Gasteiger partial charge in [-0.2, -0.15) is 0 Å². The SMILES string of the molecule is Cc1ccccc1C(N)c1cc2cc(Cl)cc(Cl)c2o1. The summed E-state index contributed by atoms with van der Waals surface area (Å²) in [5, 5.41) is 1.94. The molecule has 0 spiro atoms. The lowest BCUT2D eigenvalue weighted by atomic mass is 10.0. The van der Waals surface area contributed by atoms with E-state index in [1.54, 1.807) is 6.07 Å². The van der Waals surface area contributed by atoms with Gasteiger partial charge >= 0.3 is 0 Å². The Morgan fingerprint density at radius 3 is 2.60 bits per heavy atom. The van der Waals surface area contributed by atoms with Gasteiger partial charge < -0.3 is 10.2 Å². The Kier molecular flexibility index (Phi) is 3.47. The van der Waals surface area contributed by atoms with Crippen LogP contribution in [0.3, 0.4) is 0 Å². The molecule has 2 N–H and O–H groups in total. The number of fused-ring (bicyclic) bond motifs is 1. The minimum atomic E-state index is -0.321. The molecule has 3 rings (SSSR count). The second-order valence-corrected chi connectivity index (χ2v) is 5.63. The van der Waals surface area contributed by atoms with Crippen molar-refractivity contribution in [2.75, 3.05) is 0 Å². The summed E-state index contributed by atoms with van der Waals surface area (Å²) < 4.78 is 5.81. The molecule has 1 aromatic heterocycles. The van der Waals surface area contributed by atoms with Gasteiger partial charge in [-0.15, -0.1) is 0 Å². The molecule has 3 aromatic rings. The van der Waals surface area contributed by atoms with Crippen molar-refractivity contribution in [2.45, 2.75) is 13.0 Å². The minimum absolute atomic E-state index is 0.321. The number of rotatable bonds is 2. The van der Waals surface area contributed by atoms with Crippen LogP contribution in [0.4, 0.5) is 0 Å². The van der Waals surface area contributed by atoms with Gasteiger partial charge in [0.1, 0.15) is 5.76 Å². The zero-order chi connectivity index (χ0) is 14.3. The van der Waals surface area contributed by atoms with Crippen molar-refractivity contribution >= 4 is 34.2 Å². The molecule has 1 unspecified atom stereocenters. The lowest BCUT2D eigenvalue weighted by molar-refractivity contribution is 0.524. The van der Waals surface area contributed by atoms with E-state index in [1.165, 1.54) is 0 Å². The summed E-state index contributed by atoms with van der Waals surface area (Å²) in [7, 11) is 0. The van der Waals surface area contributed by atoms with Crippen LogP contribution in [-0.2, 0) is 0 Å². The fraction of sp³-hybridized carbons (Fsp3) is 0.125. The van der Waals surface area contributed by atoms with Gasteiger partial charge in [0.25, 0.3) is 0 Å². The van der Waals surface area contributed by atoms with Gasteiger partial charge in [0.05, 0.1) is 11.1 Å². The Morgan fingerprint density at radius 2 is 1.85 bits per heavy atom. The first kappa shape index (κ1) is 13.5. The molecule has 0 amide bonds. The number of halogens is 2. The molecule has 0 fully saturated rings. The van der Waals surface area contributed by atoms with Crippen molar-refractivity contribution in [3.8, 4) is 0 Å². The smallest absolute Gasteiger partial charge is 0.153 e. The molecule has 0 aliphatic carbocycles. The quantitative estimate of drug-likeness (QED) is 0.715. The monoisotopic (exact) mass is 305 g/mol. The Hall–Kier alpha value is -1.48. The number of aryl methyl sites for hydroxylation is 1. The van der Waals surface area contributed by atoms with Crippen molar-refractivity contribution in [1.82, 2.24) is 0 Å². The molecule has 1 heterocycles. The Balaban J connectivity index is 2.11. The normalized spacial score (nSPS) is 12.8. The molecule has 4 heteroatoms. The average molecular weight is 306 g/mol. The molecule has 0 bridgehead atoms. The number of benzene rings is 2. The lowest BCUT2D eigenvalue weighted by Crippen LogP contribution is -2.12. The molecule has 2 nitrogen and oxygen atoms in total. The molecule has 0 saturated carbocycles. The highest BCUT2D eigenvalue weighted by Crippen LogP contribution is 2.34. The maximum Gasteiger partial charge on any atom is 0.153 e. The first-order chi connectivity index (χ1) is 9.56. The number of hydrogen-bond acceptors (Lipinski definition) is 2. The van der Waals surface area contributed by atoms with Crippen LogP contribution < -0.4 is 5.73 Å². The van der Waals surface area contributed by atoms with Crippen LogP contribution in [0.2, 0.25) is 10.0 Å². The topological polar surface area (TPSA) is 39.2 Å². The van der Waals surface area contributed by atoms with Crippen molar-refractivity contribution < 1.29 is 4.42 Å².